The number of carbonyl (C=O) groups is 1. The average molecular weight is 439 g/mol. The van der Waals surface area contributed by atoms with Crippen LogP contribution in [0.1, 0.15) is 27.0 Å². The maximum atomic E-state index is 12.6. The summed E-state index contributed by atoms with van der Waals surface area (Å²) in [6, 6.07) is 19.7. The van der Waals surface area contributed by atoms with Crippen LogP contribution in [0.4, 0.5) is 11.4 Å². The quantitative estimate of drug-likeness (QED) is 0.588. The zero-order valence-corrected chi connectivity index (χ0v) is 18.9. The molecule has 0 bridgehead atoms. The molecular formula is C24H26N2O4S. The molecule has 1 amide bonds. The molecular weight excluding hydrogens is 412 g/mol. The van der Waals surface area contributed by atoms with E-state index < -0.39 is 10.0 Å². The van der Waals surface area contributed by atoms with Gasteiger partial charge in [0.1, 0.15) is 5.75 Å². The molecule has 3 aromatic rings. The third kappa shape index (κ3) is 5.44. The van der Waals surface area contributed by atoms with Crippen LogP contribution >= 0.6 is 0 Å². The van der Waals surface area contributed by atoms with Crippen molar-refractivity contribution in [2.45, 2.75) is 20.4 Å². The van der Waals surface area contributed by atoms with Crippen LogP contribution in [0, 0.1) is 13.8 Å². The van der Waals surface area contributed by atoms with E-state index in [9.17, 15) is 13.2 Å². The first-order valence-corrected chi connectivity index (χ1v) is 11.6. The van der Waals surface area contributed by atoms with E-state index in [1.807, 2.05) is 32.0 Å². The monoisotopic (exact) mass is 438 g/mol. The van der Waals surface area contributed by atoms with Crippen LogP contribution in [0.5, 0.6) is 5.75 Å². The number of sulfonamides is 1. The van der Waals surface area contributed by atoms with Crippen molar-refractivity contribution >= 4 is 27.3 Å². The Kier molecular flexibility index (Phi) is 6.65. The lowest BCUT2D eigenvalue weighted by Gasteiger charge is -2.23. The van der Waals surface area contributed by atoms with Crippen molar-refractivity contribution in [3.05, 3.63) is 89.0 Å². The number of aryl methyl sites for hydroxylation is 2. The summed E-state index contributed by atoms with van der Waals surface area (Å²) in [5, 5.41) is 2.84. The Morgan fingerprint density at radius 1 is 0.968 bits per heavy atom. The van der Waals surface area contributed by atoms with Crippen molar-refractivity contribution in [3.63, 3.8) is 0 Å². The minimum Gasteiger partial charge on any atom is -0.496 e. The molecule has 0 aliphatic heterocycles. The van der Waals surface area contributed by atoms with Gasteiger partial charge in [0.15, 0.2) is 0 Å². The van der Waals surface area contributed by atoms with E-state index in [1.165, 1.54) is 17.7 Å². The Morgan fingerprint density at radius 3 is 2.26 bits per heavy atom. The summed E-state index contributed by atoms with van der Waals surface area (Å²) >= 11 is 0. The molecule has 7 heteroatoms. The van der Waals surface area contributed by atoms with E-state index in [0.717, 1.165) is 16.7 Å². The molecule has 0 spiro atoms. The first-order chi connectivity index (χ1) is 14.7. The largest absolute Gasteiger partial charge is 0.496 e. The Labute approximate surface area is 183 Å². The van der Waals surface area contributed by atoms with E-state index in [2.05, 4.69) is 5.32 Å². The SMILES string of the molecule is COc1ccccc1C(=O)Nc1ccc(CN(c2ccc(C)c(C)c2)S(C)(=O)=O)cc1. The van der Waals surface area contributed by atoms with Gasteiger partial charge in [-0.15, -0.1) is 0 Å². The fourth-order valence-electron chi connectivity index (χ4n) is 3.17. The van der Waals surface area contributed by atoms with Gasteiger partial charge in [-0.2, -0.15) is 0 Å². The molecule has 6 nitrogen and oxygen atoms in total. The highest BCUT2D eigenvalue weighted by Gasteiger charge is 2.18. The summed E-state index contributed by atoms with van der Waals surface area (Å²) in [6.07, 6.45) is 1.20. The molecule has 0 aliphatic carbocycles. The van der Waals surface area contributed by atoms with E-state index >= 15 is 0 Å². The standard InChI is InChI=1S/C24H26N2O4S/c1-17-9-14-21(15-18(17)2)26(31(4,28)29)16-19-10-12-20(13-11-19)25-24(27)22-7-5-6-8-23(22)30-3/h5-15H,16H2,1-4H3,(H,25,27). The minimum atomic E-state index is -3.47. The lowest BCUT2D eigenvalue weighted by molar-refractivity contribution is 0.102. The number of amides is 1. The highest BCUT2D eigenvalue weighted by Crippen LogP contribution is 2.24. The van der Waals surface area contributed by atoms with E-state index in [1.54, 1.807) is 48.5 Å². The van der Waals surface area contributed by atoms with Gasteiger partial charge >= 0.3 is 0 Å². The number of carbonyl (C=O) groups excluding carboxylic acids is 1. The number of rotatable bonds is 7. The van der Waals surface area contributed by atoms with Crippen LogP contribution in [-0.4, -0.2) is 27.7 Å². The number of hydrogen-bond donors (Lipinski definition) is 1. The Morgan fingerprint density at radius 2 is 1.65 bits per heavy atom. The highest BCUT2D eigenvalue weighted by atomic mass is 32.2. The smallest absolute Gasteiger partial charge is 0.259 e. The zero-order chi connectivity index (χ0) is 22.6. The van der Waals surface area contributed by atoms with Gasteiger partial charge in [-0.05, 0) is 66.9 Å². The van der Waals surface area contributed by atoms with Crippen LogP contribution in [0.2, 0.25) is 0 Å². The van der Waals surface area contributed by atoms with Crippen LogP contribution < -0.4 is 14.4 Å². The van der Waals surface area contributed by atoms with Gasteiger partial charge in [-0.3, -0.25) is 9.10 Å². The van der Waals surface area contributed by atoms with Crippen molar-refractivity contribution < 1.29 is 17.9 Å². The third-order valence-corrected chi connectivity index (χ3v) is 6.21. The first-order valence-electron chi connectivity index (χ1n) is 9.77. The first kappa shape index (κ1) is 22.4. The number of anilines is 2. The van der Waals surface area contributed by atoms with Crippen LogP contribution in [0.25, 0.3) is 0 Å². The Balaban J connectivity index is 1.78. The second-order valence-corrected chi connectivity index (χ2v) is 9.30. The molecule has 0 unspecified atom stereocenters. The number of hydrogen-bond acceptors (Lipinski definition) is 4. The molecule has 0 atom stereocenters. The fourth-order valence-corrected chi connectivity index (χ4v) is 4.05. The number of para-hydroxylation sites is 1. The predicted molar refractivity (Wildman–Crippen MR) is 124 cm³/mol. The second kappa shape index (κ2) is 9.22. The van der Waals surface area contributed by atoms with Crippen LogP contribution in [0.15, 0.2) is 66.7 Å². The van der Waals surface area contributed by atoms with Gasteiger partial charge in [0, 0.05) is 5.69 Å². The number of nitrogens with zero attached hydrogens (tertiary/aromatic N) is 1. The summed E-state index contributed by atoms with van der Waals surface area (Å²) in [6.45, 7) is 4.14. The predicted octanol–water partition coefficient (Wildman–Crippen LogP) is 4.53. The number of nitrogens with one attached hydrogen (secondary N) is 1. The summed E-state index contributed by atoms with van der Waals surface area (Å²) < 4.78 is 31.4. The van der Waals surface area contributed by atoms with Crippen molar-refractivity contribution in [2.24, 2.45) is 0 Å². The van der Waals surface area contributed by atoms with Gasteiger partial charge in [-0.25, -0.2) is 8.42 Å². The molecule has 0 saturated carbocycles. The molecule has 0 aliphatic rings. The molecule has 0 aromatic heterocycles. The molecule has 3 rings (SSSR count). The fraction of sp³-hybridized carbons (Fsp3) is 0.208. The Hall–Kier alpha value is -3.32. The van der Waals surface area contributed by atoms with Crippen molar-refractivity contribution in [1.82, 2.24) is 0 Å². The van der Waals surface area contributed by atoms with Crippen LogP contribution in [-0.2, 0) is 16.6 Å². The van der Waals surface area contributed by atoms with Gasteiger partial charge in [-0.1, -0.05) is 30.3 Å². The minimum absolute atomic E-state index is 0.196. The molecule has 0 radical (unpaired) electrons. The summed E-state index contributed by atoms with van der Waals surface area (Å²) in [5.41, 5.74) is 4.61. The third-order valence-electron chi connectivity index (χ3n) is 5.07. The van der Waals surface area contributed by atoms with Gasteiger partial charge in [0.25, 0.3) is 5.91 Å². The van der Waals surface area contributed by atoms with Crippen molar-refractivity contribution in [1.29, 1.82) is 0 Å². The lowest BCUT2D eigenvalue weighted by atomic mass is 10.1. The zero-order valence-electron chi connectivity index (χ0n) is 18.0. The maximum absolute atomic E-state index is 12.6. The van der Waals surface area contributed by atoms with Gasteiger partial charge in [0.2, 0.25) is 10.0 Å². The molecule has 0 saturated heterocycles. The normalized spacial score (nSPS) is 11.1. The van der Waals surface area contributed by atoms with E-state index in [-0.39, 0.29) is 12.5 Å². The van der Waals surface area contributed by atoms with E-state index in [0.29, 0.717) is 22.7 Å². The molecule has 1 N–H and O–H groups in total. The van der Waals surface area contributed by atoms with E-state index in [4.69, 9.17) is 4.74 Å². The Bertz CT molecular complexity index is 1190. The molecule has 162 valence electrons. The second-order valence-electron chi connectivity index (χ2n) is 7.39. The molecule has 3 aromatic carbocycles. The number of ether oxygens (including phenoxy) is 1. The topological polar surface area (TPSA) is 75.7 Å². The van der Waals surface area contributed by atoms with Crippen LogP contribution in [0.3, 0.4) is 0 Å². The molecule has 31 heavy (non-hydrogen) atoms. The summed E-state index contributed by atoms with van der Waals surface area (Å²) in [7, 11) is -1.95. The van der Waals surface area contributed by atoms with Gasteiger partial charge in [0.05, 0.1) is 31.2 Å². The summed E-state index contributed by atoms with van der Waals surface area (Å²) in [5.74, 6) is 0.215. The average Bonchev–Trinajstić information content (AvgIpc) is 2.74. The highest BCUT2D eigenvalue weighted by molar-refractivity contribution is 7.92. The molecule has 0 fully saturated rings. The number of methoxy groups -OCH3 is 1. The van der Waals surface area contributed by atoms with Gasteiger partial charge < -0.3 is 10.1 Å². The molecule has 0 heterocycles. The lowest BCUT2D eigenvalue weighted by Crippen LogP contribution is -2.29. The maximum Gasteiger partial charge on any atom is 0.259 e. The number of benzene rings is 3. The van der Waals surface area contributed by atoms with Crippen molar-refractivity contribution in [3.8, 4) is 5.75 Å². The summed E-state index contributed by atoms with van der Waals surface area (Å²) in [4.78, 5) is 12.6. The van der Waals surface area contributed by atoms with Crippen molar-refractivity contribution in [2.75, 3.05) is 23.0 Å².